The van der Waals surface area contributed by atoms with E-state index in [-0.39, 0.29) is 23.8 Å². The molecule has 0 aliphatic carbocycles. The van der Waals surface area contributed by atoms with Crippen LogP contribution in [0.25, 0.3) is 0 Å². The van der Waals surface area contributed by atoms with E-state index in [2.05, 4.69) is 0 Å². The van der Waals surface area contributed by atoms with Crippen molar-refractivity contribution in [2.45, 2.75) is 6.42 Å². The molecule has 0 aliphatic rings. The normalized spacial score (nSPS) is 9.20. The highest BCUT2D eigenvalue weighted by molar-refractivity contribution is 5.85. The van der Waals surface area contributed by atoms with Crippen molar-refractivity contribution >= 4 is 18.1 Å². The fraction of sp³-hybridized carbons (Fsp3) is 0.333. The van der Waals surface area contributed by atoms with Gasteiger partial charge < -0.3 is 10.5 Å². The summed E-state index contributed by atoms with van der Waals surface area (Å²) in [4.78, 5) is 10.3. The Morgan fingerprint density at radius 3 is 2.67 bits per heavy atom. The van der Waals surface area contributed by atoms with Gasteiger partial charge in [0.1, 0.15) is 0 Å². The third kappa shape index (κ3) is 3.07. The number of methoxy groups -OCH3 is 1. The van der Waals surface area contributed by atoms with Crippen LogP contribution >= 0.6 is 12.4 Å². The van der Waals surface area contributed by atoms with E-state index in [0.717, 1.165) is 0 Å². The lowest BCUT2D eigenvalue weighted by Crippen LogP contribution is -2.06. The van der Waals surface area contributed by atoms with Gasteiger partial charge >= 0.3 is 5.69 Å². The van der Waals surface area contributed by atoms with Crippen molar-refractivity contribution in [3.8, 4) is 5.75 Å². The minimum Gasteiger partial charge on any atom is -0.490 e. The topological polar surface area (TPSA) is 78.4 Å². The van der Waals surface area contributed by atoms with E-state index in [1.807, 2.05) is 0 Å². The van der Waals surface area contributed by atoms with Crippen LogP contribution in [0.4, 0.5) is 5.69 Å². The van der Waals surface area contributed by atoms with Crippen LogP contribution in [0.5, 0.6) is 5.75 Å². The van der Waals surface area contributed by atoms with Gasteiger partial charge in [0.25, 0.3) is 0 Å². The second-order valence-electron chi connectivity index (χ2n) is 2.76. The summed E-state index contributed by atoms with van der Waals surface area (Å²) in [7, 11) is 1.41. The minimum atomic E-state index is -0.441. The average molecular weight is 233 g/mol. The van der Waals surface area contributed by atoms with Gasteiger partial charge in [-0.15, -0.1) is 12.4 Å². The number of nitrogens with zero attached hydrogens (tertiary/aromatic N) is 1. The highest BCUT2D eigenvalue weighted by atomic mass is 35.5. The van der Waals surface area contributed by atoms with Crippen LogP contribution in [0.2, 0.25) is 0 Å². The van der Waals surface area contributed by atoms with Crippen molar-refractivity contribution in [3.63, 3.8) is 0 Å². The summed E-state index contributed by atoms with van der Waals surface area (Å²) in [6.45, 7) is 0.383. The number of nitro benzene ring substituents is 1. The molecule has 1 aromatic carbocycles. The standard InChI is InChI=1S/C9H12N2O3.ClH/c1-14-8-4-2-3-7(5-6-10)9(8)11(12)13;/h2-4H,5-6,10H2,1H3;1H. The number of nitro groups is 1. The highest BCUT2D eigenvalue weighted by Gasteiger charge is 2.19. The number of hydrogen-bond acceptors (Lipinski definition) is 4. The molecule has 0 bridgehead atoms. The number of halogens is 1. The molecule has 84 valence electrons. The number of benzene rings is 1. The molecule has 0 radical (unpaired) electrons. The average Bonchev–Trinajstić information content (AvgIpc) is 2.17. The summed E-state index contributed by atoms with van der Waals surface area (Å²) in [6, 6.07) is 4.97. The van der Waals surface area contributed by atoms with Gasteiger partial charge in [-0.1, -0.05) is 12.1 Å². The van der Waals surface area contributed by atoms with E-state index >= 15 is 0 Å². The SMILES string of the molecule is COc1cccc(CCN)c1[N+](=O)[O-].Cl. The molecule has 0 fully saturated rings. The predicted molar refractivity (Wildman–Crippen MR) is 59.7 cm³/mol. The number of ether oxygens (including phenoxy) is 1. The van der Waals surface area contributed by atoms with E-state index in [0.29, 0.717) is 18.5 Å². The van der Waals surface area contributed by atoms with Gasteiger partial charge in [-0.3, -0.25) is 10.1 Å². The molecule has 0 spiro atoms. The molecule has 0 aromatic heterocycles. The zero-order valence-corrected chi connectivity index (χ0v) is 9.12. The molecule has 15 heavy (non-hydrogen) atoms. The molecule has 0 aliphatic heterocycles. The van der Waals surface area contributed by atoms with Crippen molar-refractivity contribution in [1.82, 2.24) is 0 Å². The monoisotopic (exact) mass is 232 g/mol. The van der Waals surface area contributed by atoms with Crippen LogP contribution in [0, 0.1) is 10.1 Å². The van der Waals surface area contributed by atoms with Gasteiger partial charge in [-0.25, -0.2) is 0 Å². The highest BCUT2D eigenvalue weighted by Crippen LogP contribution is 2.30. The summed E-state index contributed by atoms with van der Waals surface area (Å²) >= 11 is 0. The number of nitrogens with two attached hydrogens (primary N) is 1. The summed E-state index contributed by atoms with van der Waals surface area (Å²) in [5, 5.41) is 10.8. The van der Waals surface area contributed by atoms with Crippen molar-refractivity contribution in [2.24, 2.45) is 5.73 Å². The molecule has 1 rings (SSSR count). The lowest BCUT2D eigenvalue weighted by molar-refractivity contribution is -0.386. The largest absolute Gasteiger partial charge is 0.490 e. The third-order valence-corrected chi connectivity index (χ3v) is 1.90. The molecule has 0 amide bonds. The van der Waals surface area contributed by atoms with Gasteiger partial charge in [0, 0.05) is 5.56 Å². The Bertz CT molecular complexity index is 344. The van der Waals surface area contributed by atoms with Crippen LogP contribution in [0.3, 0.4) is 0 Å². The van der Waals surface area contributed by atoms with E-state index in [1.54, 1.807) is 18.2 Å². The Morgan fingerprint density at radius 2 is 2.20 bits per heavy atom. The second kappa shape index (κ2) is 6.21. The third-order valence-electron chi connectivity index (χ3n) is 1.90. The van der Waals surface area contributed by atoms with E-state index in [9.17, 15) is 10.1 Å². The minimum absolute atomic E-state index is 0. The molecule has 2 N–H and O–H groups in total. The molecule has 0 atom stereocenters. The van der Waals surface area contributed by atoms with Gasteiger partial charge in [-0.05, 0) is 19.0 Å². The van der Waals surface area contributed by atoms with Crippen molar-refractivity contribution in [1.29, 1.82) is 0 Å². The summed E-state index contributed by atoms with van der Waals surface area (Å²) in [5.41, 5.74) is 5.98. The molecule has 0 unspecified atom stereocenters. The van der Waals surface area contributed by atoms with E-state index in [1.165, 1.54) is 7.11 Å². The summed E-state index contributed by atoms with van der Waals surface area (Å²) in [5.74, 6) is 0.279. The van der Waals surface area contributed by atoms with Gasteiger partial charge in [0.15, 0.2) is 5.75 Å². The molecule has 0 heterocycles. The number of hydrogen-bond donors (Lipinski definition) is 1. The Labute approximate surface area is 93.8 Å². The maximum absolute atomic E-state index is 10.8. The van der Waals surface area contributed by atoms with Gasteiger partial charge in [-0.2, -0.15) is 0 Å². The maximum atomic E-state index is 10.8. The quantitative estimate of drug-likeness (QED) is 0.631. The Kier molecular flexibility index (Phi) is 5.66. The first-order chi connectivity index (χ1) is 6.70. The summed E-state index contributed by atoms with van der Waals surface area (Å²) < 4.78 is 4.91. The Balaban J connectivity index is 0.00000196. The van der Waals surface area contributed by atoms with Crippen molar-refractivity contribution < 1.29 is 9.66 Å². The zero-order valence-electron chi connectivity index (χ0n) is 8.30. The predicted octanol–water partition coefficient (Wildman–Crippen LogP) is 1.53. The van der Waals surface area contributed by atoms with Gasteiger partial charge in [0.2, 0.25) is 0 Å². The van der Waals surface area contributed by atoms with Gasteiger partial charge in [0.05, 0.1) is 12.0 Å². The molecule has 1 aromatic rings. The Morgan fingerprint density at radius 1 is 1.53 bits per heavy atom. The second-order valence-corrected chi connectivity index (χ2v) is 2.76. The molecule has 0 saturated heterocycles. The van der Waals surface area contributed by atoms with E-state index in [4.69, 9.17) is 10.5 Å². The lowest BCUT2D eigenvalue weighted by Gasteiger charge is -2.05. The van der Waals surface area contributed by atoms with Crippen LogP contribution in [0.1, 0.15) is 5.56 Å². The van der Waals surface area contributed by atoms with Crippen LogP contribution in [-0.4, -0.2) is 18.6 Å². The smallest absolute Gasteiger partial charge is 0.314 e. The Hall–Kier alpha value is -1.33. The number of para-hydroxylation sites is 1. The fourth-order valence-electron chi connectivity index (χ4n) is 1.30. The van der Waals surface area contributed by atoms with Crippen LogP contribution < -0.4 is 10.5 Å². The molecule has 5 nitrogen and oxygen atoms in total. The number of rotatable bonds is 4. The van der Waals surface area contributed by atoms with E-state index < -0.39 is 4.92 Å². The maximum Gasteiger partial charge on any atom is 0.314 e. The molecular weight excluding hydrogens is 220 g/mol. The van der Waals surface area contributed by atoms with Crippen LogP contribution in [0.15, 0.2) is 18.2 Å². The fourth-order valence-corrected chi connectivity index (χ4v) is 1.30. The van der Waals surface area contributed by atoms with Crippen molar-refractivity contribution in [3.05, 3.63) is 33.9 Å². The molecule has 0 saturated carbocycles. The lowest BCUT2D eigenvalue weighted by atomic mass is 10.1. The first-order valence-electron chi connectivity index (χ1n) is 4.21. The summed E-state index contributed by atoms with van der Waals surface area (Å²) in [6.07, 6.45) is 0.480. The first kappa shape index (κ1) is 13.7. The zero-order chi connectivity index (χ0) is 10.6. The first-order valence-corrected chi connectivity index (χ1v) is 4.21. The van der Waals surface area contributed by atoms with Crippen LogP contribution in [-0.2, 0) is 6.42 Å². The van der Waals surface area contributed by atoms with Crippen molar-refractivity contribution in [2.75, 3.05) is 13.7 Å². The molecule has 6 heteroatoms. The molecular formula is C9H13ClN2O3.